The van der Waals surface area contributed by atoms with Crippen molar-refractivity contribution >= 4 is 17.5 Å². The molecule has 94 valence electrons. The first-order valence-electron chi connectivity index (χ1n) is 5.55. The topological polar surface area (TPSA) is 38.3 Å². The van der Waals surface area contributed by atoms with Gasteiger partial charge in [0.05, 0.1) is 7.11 Å². The van der Waals surface area contributed by atoms with Crippen molar-refractivity contribution in [2.75, 3.05) is 13.0 Å². The summed E-state index contributed by atoms with van der Waals surface area (Å²) in [6, 6.07) is 4.04. The minimum absolute atomic E-state index is 0.0221. The van der Waals surface area contributed by atoms with Gasteiger partial charge in [0.15, 0.2) is 0 Å². The summed E-state index contributed by atoms with van der Waals surface area (Å²) >= 11 is 5.49. The van der Waals surface area contributed by atoms with E-state index in [0.717, 1.165) is 22.4 Å². The first-order valence-corrected chi connectivity index (χ1v) is 6.08. The van der Waals surface area contributed by atoms with E-state index in [1.807, 2.05) is 26.0 Å². The van der Waals surface area contributed by atoms with Crippen LogP contribution in [0.2, 0.25) is 0 Å². The van der Waals surface area contributed by atoms with Crippen molar-refractivity contribution in [1.29, 1.82) is 0 Å². The average Bonchev–Trinajstić information content (AvgIpc) is 2.26. The standard InChI is InChI=1S/C13H18ClNO2/c1-9-6-11(7-10(2)13(9)17-3)8-15-12(16)4-5-14/h6-7H,4-5,8H2,1-3H3,(H,15,16). The molecule has 0 radical (unpaired) electrons. The first-order chi connectivity index (χ1) is 8.08. The molecule has 0 aliphatic rings. The molecule has 1 amide bonds. The highest BCUT2D eigenvalue weighted by atomic mass is 35.5. The van der Waals surface area contributed by atoms with Gasteiger partial charge in [-0.3, -0.25) is 4.79 Å². The third-order valence-corrected chi connectivity index (χ3v) is 2.72. The molecule has 4 heteroatoms. The molecule has 0 bridgehead atoms. The van der Waals surface area contributed by atoms with Crippen LogP contribution in [0.1, 0.15) is 23.1 Å². The molecule has 0 spiro atoms. The molecule has 0 saturated heterocycles. The van der Waals surface area contributed by atoms with Gasteiger partial charge in [0.1, 0.15) is 5.75 Å². The Morgan fingerprint density at radius 1 is 1.35 bits per heavy atom. The Labute approximate surface area is 107 Å². The van der Waals surface area contributed by atoms with Crippen LogP contribution in [0.25, 0.3) is 0 Å². The van der Waals surface area contributed by atoms with Crippen LogP contribution >= 0.6 is 11.6 Å². The molecule has 0 heterocycles. The maximum Gasteiger partial charge on any atom is 0.221 e. The summed E-state index contributed by atoms with van der Waals surface area (Å²) in [5.41, 5.74) is 3.23. The lowest BCUT2D eigenvalue weighted by molar-refractivity contribution is -0.120. The summed E-state index contributed by atoms with van der Waals surface area (Å²) in [6.45, 7) is 4.52. The number of ether oxygens (including phenoxy) is 1. The number of nitrogens with one attached hydrogen (secondary N) is 1. The minimum atomic E-state index is -0.0221. The Balaban J connectivity index is 2.70. The molecule has 0 aliphatic heterocycles. The summed E-state index contributed by atoms with van der Waals surface area (Å²) in [5.74, 6) is 1.24. The molecule has 0 fully saturated rings. The first kappa shape index (κ1) is 13.8. The Hall–Kier alpha value is -1.22. The Morgan fingerprint density at radius 2 is 1.94 bits per heavy atom. The van der Waals surface area contributed by atoms with E-state index in [1.54, 1.807) is 7.11 Å². The van der Waals surface area contributed by atoms with Crippen molar-refractivity contribution in [2.45, 2.75) is 26.8 Å². The van der Waals surface area contributed by atoms with E-state index in [9.17, 15) is 4.79 Å². The summed E-state index contributed by atoms with van der Waals surface area (Å²) in [5, 5.41) is 2.83. The van der Waals surface area contributed by atoms with Crippen molar-refractivity contribution in [2.24, 2.45) is 0 Å². The number of hydrogen-bond donors (Lipinski definition) is 1. The van der Waals surface area contributed by atoms with Crippen LogP contribution in [0.3, 0.4) is 0 Å². The molecule has 0 aliphatic carbocycles. The summed E-state index contributed by atoms with van der Waals surface area (Å²) < 4.78 is 5.29. The number of amides is 1. The van der Waals surface area contributed by atoms with Crippen LogP contribution in [0.15, 0.2) is 12.1 Å². The molecule has 17 heavy (non-hydrogen) atoms. The van der Waals surface area contributed by atoms with E-state index < -0.39 is 0 Å². The Kier molecular flexibility index (Phi) is 5.29. The zero-order chi connectivity index (χ0) is 12.8. The summed E-state index contributed by atoms with van der Waals surface area (Å²) in [6.07, 6.45) is 0.357. The van der Waals surface area contributed by atoms with Crippen LogP contribution in [-0.2, 0) is 11.3 Å². The van der Waals surface area contributed by atoms with Gasteiger partial charge in [-0.25, -0.2) is 0 Å². The van der Waals surface area contributed by atoms with E-state index in [-0.39, 0.29) is 5.91 Å². The van der Waals surface area contributed by atoms with Gasteiger partial charge < -0.3 is 10.1 Å². The summed E-state index contributed by atoms with van der Waals surface area (Å²) in [7, 11) is 1.66. The highest BCUT2D eigenvalue weighted by molar-refractivity contribution is 6.18. The molecule has 1 rings (SSSR count). The van der Waals surface area contributed by atoms with Crippen LogP contribution in [0.4, 0.5) is 0 Å². The third-order valence-electron chi connectivity index (χ3n) is 2.54. The van der Waals surface area contributed by atoms with Gasteiger partial charge in [0.2, 0.25) is 5.91 Å². The van der Waals surface area contributed by atoms with E-state index in [1.165, 1.54) is 0 Å². The smallest absolute Gasteiger partial charge is 0.221 e. The highest BCUT2D eigenvalue weighted by Crippen LogP contribution is 2.24. The molecular formula is C13H18ClNO2. The average molecular weight is 256 g/mol. The molecule has 1 N–H and O–H groups in total. The second-order valence-corrected chi connectivity index (χ2v) is 4.36. The highest BCUT2D eigenvalue weighted by Gasteiger charge is 2.06. The third kappa shape index (κ3) is 3.93. The molecule has 1 aromatic rings. The van der Waals surface area contributed by atoms with Crippen molar-refractivity contribution in [1.82, 2.24) is 5.32 Å². The fraction of sp³-hybridized carbons (Fsp3) is 0.462. The van der Waals surface area contributed by atoms with Crippen molar-refractivity contribution in [3.05, 3.63) is 28.8 Å². The fourth-order valence-electron chi connectivity index (χ4n) is 1.84. The largest absolute Gasteiger partial charge is 0.496 e. The number of aryl methyl sites for hydroxylation is 2. The monoisotopic (exact) mass is 255 g/mol. The van der Waals surface area contributed by atoms with Gasteiger partial charge in [-0.2, -0.15) is 0 Å². The number of hydrogen-bond acceptors (Lipinski definition) is 2. The molecule has 0 saturated carbocycles. The number of halogens is 1. The van der Waals surface area contributed by atoms with Gasteiger partial charge in [-0.15, -0.1) is 11.6 Å². The van der Waals surface area contributed by atoms with Crippen LogP contribution < -0.4 is 10.1 Å². The minimum Gasteiger partial charge on any atom is -0.496 e. The van der Waals surface area contributed by atoms with Gasteiger partial charge in [0, 0.05) is 18.8 Å². The normalized spacial score (nSPS) is 10.1. The number of carbonyl (C=O) groups excluding carboxylic acids is 1. The second-order valence-electron chi connectivity index (χ2n) is 3.98. The van der Waals surface area contributed by atoms with Gasteiger partial charge in [-0.05, 0) is 30.5 Å². The maximum atomic E-state index is 11.3. The molecule has 0 unspecified atom stereocenters. The second kappa shape index (κ2) is 6.50. The van der Waals surface area contributed by atoms with Crippen LogP contribution in [0.5, 0.6) is 5.75 Å². The number of methoxy groups -OCH3 is 1. The Bertz CT molecular complexity index is 381. The van der Waals surface area contributed by atoms with Crippen LogP contribution in [0, 0.1) is 13.8 Å². The number of rotatable bonds is 5. The molecule has 3 nitrogen and oxygen atoms in total. The summed E-state index contributed by atoms with van der Waals surface area (Å²) in [4.78, 5) is 11.3. The van der Waals surface area contributed by atoms with Gasteiger partial charge >= 0.3 is 0 Å². The van der Waals surface area contributed by atoms with E-state index in [0.29, 0.717) is 18.8 Å². The van der Waals surface area contributed by atoms with E-state index in [2.05, 4.69) is 5.32 Å². The van der Waals surface area contributed by atoms with Crippen molar-refractivity contribution in [3.63, 3.8) is 0 Å². The predicted molar refractivity (Wildman–Crippen MR) is 69.7 cm³/mol. The SMILES string of the molecule is COc1c(C)cc(CNC(=O)CCCl)cc1C. The fourth-order valence-corrected chi connectivity index (χ4v) is 2.01. The lowest BCUT2D eigenvalue weighted by Crippen LogP contribution is -2.22. The van der Waals surface area contributed by atoms with Gasteiger partial charge in [-0.1, -0.05) is 12.1 Å². The maximum absolute atomic E-state index is 11.3. The molecule has 0 aromatic heterocycles. The van der Waals surface area contributed by atoms with Gasteiger partial charge in [0.25, 0.3) is 0 Å². The Morgan fingerprint density at radius 3 is 2.41 bits per heavy atom. The number of carbonyl (C=O) groups is 1. The lowest BCUT2D eigenvalue weighted by atomic mass is 10.1. The van der Waals surface area contributed by atoms with E-state index in [4.69, 9.17) is 16.3 Å². The molecular weight excluding hydrogens is 238 g/mol. The zero-order valence-electron chi connectivity index (χ0n) is 10.5. The lowest BCUT2D eigenvalue weighted by Gasteiger charge is -2.11. The van der Waals surface area contributed by atoms with Crippen molar-refractivity contribution in [3.8, 4) is 5.75 Å². The zero-order valence-corrected chi connectivity index (χ0v) is 11.2. The molecule has 1 aromatic carbocycles. The number of alkyl halides is 1. The van der Waals surface area contributed by atoms with E-state index >= 15 is 0 Å². The van der Waals surface area contributed by atoms with Crippen LogP contribution in [-0.4, -0.2) is 18.9 Å². The predicted octanol–water partition coefficient (Wildman–Crippen LogP) is 2.56. The van der Waals surface area contributed by atoms with Crippen molar-refractivity contribution < 1.29 is 9.53 Å². The molecule has 0 atom stereocenters. The quantitative estimate of drug-likeness (QED) is 0.822. The number of benzene rings is 1.